The first-order chi connectivity index (χ1) is 10.1. The zero-order valence-electron chi connectivity index (χ0n) is 11.2. The fraction of sp³-hybridized carbons (Fsp3) is 0.0667. The van der Waals surface area contributed by atoms with Crippen LogP contribution in [0.4, 0.5) is 10.2 Å². The minimum absolute atomic E-state index is 0.187. The van der Waals surface area contributed by atoms with E-state index in [2.05, 4.69) is 10.4 Å². The number of anilines is 1. The van der Waals surface area contributed by atoms with E-state index in [9.17, 15) is 9.18 Å². The number of aryl methyl sites for hydroxylation is 1. The van der Waals surface area contributed by atoms with Gasteiger partial charge in [0.1, 0.15) is 11.6 Å². The van der Waals surface area contributed by atoms with Gasteiger partial charge in [0.05, 0.1) is 16.3 Å². The maximum Gasteiger partial charge on any atom is 0.266 e. The molecule has 0 spiro atoms. The molecule has 4 nitrogen and oxygen atoms in total. The molecular weight excluding hydrogens is 289 g/mol. The zero-order valence-corrected chi connectivity index (χ0v) is 12.0. The first-order valence-corrected chi connectivity index (χ1v) is 7.19. The van der Waals surface area contributed by atoms with Crippen molar-refractivity contribution in [3.8, 4) is 5.69 Å². The summed E-state index contributed by atoms with van der Waals surface area (Å²) in [7, 11) is 0. The highest BCUT2D eigenvalue weighted by molar-refractivity contribution is 7.12. The van der Waals surface area contributed by atoms with Gasteiger partial charge in [-0.1, -0.05) is 6.07 Å². The molecule has 2 heterocycles. The molecule has 2 aromatic heterocycles. The molecule has 0 atom stereocenters. The largest absolute Gasteiger partial charge is 0.306 e. The number of nitrogens with one attached hydrogen (secondary N) is 1. The van der Waals surface area contributed by atoms with Crippen LogP contribution in [0.15, 0.2) is 47.8 Å². The van der Waals surface area contributed by atoms with E-state index < -0.39 is 0 Å². The topological polar surface area (TPSA) is 46.9 Å². The highest BCUT2D eigenvalue weighted by Crippen LogP contribution is 2.19. The summed E-state index contributed by atoms with van der Waals surface area (Å²) >= 11 is 1.37. The van der Waals surface area contributed by atoms with Gasteiger partial charge >= 0.3 is 0 Å². The number of hydrogen-bond donors (Lipinski definition) is 1. The van der Waals surface area contributed by atoms with E-state index in [4.69, 9.17) is 0 Å². The first kappa shape index (κ1) is 13.5. The average Bonchev–Trinajstić information content (AvgIpc) is 3.09. The third-order valence-electron chi connectivity index (χ3n) is 2.89. The predicted octanol–water partition coefficient (Wildman–Crippen LogP) is 3.63. The van der Waals surface area contributed by atoms with Crippen molar-refractivity contribution >= 4 is 23.1 Å². The summed E-state index contributed by atoms with van der Waals surface area (Å²) in [6.07, 6.45) is 0. The number of hydrogen-bond acceptors (Lipinski definition) is 3. The van der Waals surface area contributed by atoms with E-state index in [0.717, 1.165) is 5.69 Å². The van der Waals surface area contributed by atoms with Crippen molar-refractivity contribution in [3.05, 3.63) is 64.2 Å². The fourth-order valence-electron chi connectivity index (χ4n) is 1.95. The van der Waals surface area contributed by atoms with Gasteiger partial charge in [0.2, 0.25) is 0 Å². The second-order valence-corrected chi connectivity index (χ2v) is 5.44. The Morgan fingerprint density at radius 2 is 2.05 bits per heavy atom. The van der Waals surface area contributed by atoms with Crippen molar-refractivity contribution in [1.29, 1.82) is 0 Å². The second kappa shape index (κ2) is 5.49. The van der Waals surface area contributed by atoms with Gasteiger partial charge in [-0.3, -0.25) is 4.79 Å². The van der Waals surface area contributed by atoms with Crippen LogP contribution in [0.25, 0.3) is 5.69 Å². The lowest BCUT2D eigenvalue weighted by Crippen LogP contribution is -2.13. The molecule has 6 heteroatoms. The highest BCUT2D eigenvalue weighted by Gasteiger charge is 2.13. The lowest BCUT2D eigenvalue weighted by Gasteiger charge is -2.08. The molecule has 1 amide bonds. The molecule has 0 unspecified atom stereocenters. The molecule has 0 saturated carbocycles. The van der Waals surface area contributed by atoms with Crippen LogP contribution in [0.1, 0.15) is 15.4 Å². The molecule has 3 rings (SSSR count). The Kier molecular flexibility index (Phi) is 3.53. The summed E-state index contributed by atoms with van der Waals surface area (Å²) in [4.78, 5) is 12.7. The van der Waals surface area contributed by atoms with E-state index in [1.807, 2.05) is 18.4 Å². The lowest BCUT2D eigenvalue weighted by atomic mass is 10.3. The predicted molar refractivity (Wildman–Crippen MR) is 80.5 cm³/mol. The molecule has 0 bridgehead atoms. The van der Waals surface area contributed by atoms with Crippen LogP contribution in [-0.2, 0) is 0 Å². The number of thiophene rings is 1. The van der Waals surface area contributed by atoms with Gasteiger partial charge in [0.25, 0.3) is 5.91 Å². The van der Waals surface area contributed by atoms with Gasteiger partial charge in [0.15, 0.2) is 0 Å². The van der Waals surface area contributed by atoms with Gasteiger partial charge < -0.3 is 5.32 Å². The molecule has 0 aliphatic rings. The van der Waals surface area contributed by atoms with Gasteiger partial charge in [-0.2, -0.15) is 5.10 Å². The van der Waals surface area contributed by atoms with Crippen molar-refractivity contribution in [2.45, 2.75) is 6.92 Å². The fourth-order valence-corrected chi connectivity index (χ4v) is 2.57. The van der Waals surface area contributed by atoms with Gasteiger partial charge in [-0.05, 0) is 42.6 Å². The summed E-state index contributed by atoms with van der Waals surface area (Å²) < 4.78 is 14.6. The molecule has 0 aliphatic carbocycles. The molecule has 1 aromatic carbocycles. The SMILES string of the molecule is Cc1cc(NC(=O)c2cccs2)n(-c2ccc(F)cc2)n1. The van der Waals surface area contributed by atoms with Crippen LogP contribution in [0.5, 0.6) is 0 Å². The van der Waals surface area contributed by atoms with E-state index in [0.29, 0.717) is 16.4 Å². The Morgan fingerprint density at radius 3 is 2.71 bits per heavy atom. The number of carbonyl (C=O) groups is 1. The van der Waals surface area contributed by atoms with E-state index >= 15 is 0 Å². The molecule has 0 radical (unpaired) electrons. The van der Waals surface area contributed by atoms with Crippen LogP contribution >= 0.6 is 11.3 Å². The monoisotopic (exact) mass is 301 g/mol. The van der Waals surface area contributed by atoms with E-state index in [-0.39, 0.29) is 11.7 Å². The van der Waals surface area contributed by atoms with Crippen LogP contribution in [0.2, 0.25) is 0 Å². The second-order valence-electron chi connectivity index (χ2n) is 4.49. The maximum atomic E-state index is 13.0. The summed E-state index contributed by atoms with van der Waals surface area (Å²) in [6.45, 7) is 1.83. The minimum atomic E-state index is -0.313. The third-order valence-corrected chi connectivity index (χ3v) is 3.76. The number of carbonyl (C=O) groups excluding carboxylic acids is 1. The Bertz CT molecular complexity index is 763. The molecule has 0 aliphatic heterocycles. The summed E-state index contributed by atoms with van der Waals surface area (Å²) in [5.74, 6) is 0.0533. The number of nitrogens with zero attached hydrogens (tertiary/aromatic N) is 2. The smallest absolute Gasteiger partial charge is 0.266 e. The Hall–Kier alpha value is -2.47. The Labute approximate surface area is 124 Å². The third kappa shape index (κ3) is 2.85. The molecule has 1 N–H and O–H groups in total. The molecular formula is C15H12FN3OS. The Balaban J connectivity index is 1.92. The van der Waals surface area contributed by atoms with Gasteiger partial charge in [0, 0.05) is 6.07 Å². The standard InChI is InChI=1S/C15H12FN3OS/c1-10-9-14(17-15(20)13-3-2-8-21-13)19(18-10)12-6-4-11(16)5-7-12/h2-9H,1H3,(H,17,20). The quantitative estimate of drug-likeness (QED) is 0.803. The van der Waals surface area contributed by atoms with E-state index in [1.165, 1.54) is 23.5 Å². The van der Waals surface area contributed by atoms with Crippen LogP contribution in [0, 0.1) is 12.7 Å². The summed E-state index contributed by atoms with van der Waals surface area (Å²) in [5.41, 5.74) is 1.45. The zero-order chi connectivity index (χ0) is 14.8. The van der Waals surface area contributed by atoms with Crippen LogP contribution < -0.4 is 5.32 Å². The van der Waals surface area contributed by atoms with Crippen molar-refractivity contribution in [1.82, 2.24) is 9.78 Å². The van der Waals surface area contributed by atoms with Gasteiger partial charge in [-0.25, -0.2) is 9.07 Å². The molecule has 21 heavy (non-hydrogen) atoms. The summed E-state index contributed by atoms with van der Waals surface area (Å²) in [5, 5.41) is 9.00. The van der Waals surface area contributed by atoms with Crippen molar-refractivity contribution in [3.63, 3.8) is 0 Å². The van der Waals surface area contributed by atoms with E-state index in [1.54, 1.807) is 28.9 Å². The number of aromatic nitrogens is 2. The number of rotatable bonds is 3. The highest BCUT2D eigenvalue weighted by atomic mass is 32.1. The number of amides is 1. The first-order valence-electron chi connectivity index (χ1n) is 6.31. The molecule has 0 saturated heterocycles. The number of benzene rings is 1. The number of halogens is 1. The normalized spacial score (nSPS) is 10.6. The summed E-state index contributed by atoms with van der Waals surface area (Å²) in [6, 6.07) is 11.3. The van der Waals surface area contributed by atoms with Crippen LogP contribution in [0.3, 0.4) is 0 Å². The maximum absolute atomic E-state index is 13.0. The average molecular weight is 301 g/mol. The molecule has 106 valence electrons. The van der Waals surface area contributed by atoms with Gasteiger partial charge in [-0.15, -0.1) is 11.3 Å². The Morgan fingerprint density at radius 1 is 1.29 bits per heavy atom. The van der Waals surface area contributed by atoms with Crippen molar-refractivity contribution < 1.29 is 9.18 Å². The minimum Gasteiger partial charge on any atom is -0.306 e. The van der Waals surface area contributed by atoms with Crippen molar-refractivity contribution in [2.24, 2.45) is 0 Å². The lowest BCUT2D eigenvalue weighted by molar-refractivity contribution is 0.103. The molecule has 0 fully saturated rings. The van der Waals surface area contributed by atoms with Crippen LogP contribution in [-0.4, -0.2) is 15.7 Å². The van der Waals surface area contributed by atoms with Crippen molar-refractivity contribution in [2.75, 3.05) is 5.32 Å². The molecule has 3 aromatic rings.